The second-order valence-corrected chi connectivity index (χ2v) is 5.27. The van der Waals surface area contributed by atoms with Gasteiger partial charge in [0.2, 0.25) is 5.91 Å². The smallest absolute Gasteiger partial charge is 0.335 e. The van der Waals surface area contributed by atoms with Gasteiger partial charge in [-0.1, -0.05) is 0 Å². The number of rotatable bonds is 3. The van der Waals surface area contributed by atoms with Gasteiger partial charge in [-0.25, -0.2) is 9.80 Å². The summed E-state index contributed by atoms with van der Waals surface area (Å²) < 4.78 is 0.455. The molecule has 1 aromatic rings. The minimum atomic E-state index is -1.05. The van der Waals surface area contributed by atoms with Crippen molar-refractivity contribution in [2.45, 2.75) is 12.8 Å². The summed E-state index contributed by atoms with van der Waals surface area (Å²) in [6.45, 7) is 0. The molecule has 2 rings (SSSR count). The van der Waals surface area contributed by atoms with Crippen LogP contribution in [-0.4, -0.2) is 40.7 Å². The molecule has 7 nitrogen and oxygen atoms in total. The summed E-state index contributed by atoms with van der Waals surface area (Å²) >= 11 is 3.21. The minimum absolute atomic E-state index is 0.111. The number of carbonyl (C=O) groups excluding carboxylic acids is 2. The van der Waals surface area contributed by atoms with E-state index in [0.29, 0.717) is 10.2 Å². The number of carboxylic acid groups (broad SMARTS) is 1. The average Bonchev–Trinajstić information content (AvgIpc) is 2.43. The van der Waals surface area contributed by atoms with Crippen LogP contribution in [0.3, 0.4) is 0 Å². The molecule has 0 fully saturated rings. The Morgan fingerprint density at radius 2 is 2.10 bits per heavy atom. The highest BCUT2D eigenvalue weighted by molar-refractivity contribution is 9.10. The lowest BCUT2D eigenvalue weighted by molar-refractivity contribution is -0.130. The molecule has 1 aromatic carbocycles. The summed E-state index contributed by atoms with van der Waals surface area (Å²) in [5, 5.41) is 16.6. The van der Waals surface area contributed by atoms with Gasteiger partial charge in [-0.05, 0) is 34.1 Å². The molecule has 1 aliphatic heterocycles. The first-order valence-corrected chi connectivity index (χ1v) is 6.86. The summed E-state index contributed by atoms with van der Waals surface area (Å²) in [6.07, 6.45) is 0.516. The molecule has 0 unspecified atom stereocenters. The van der Waals surface area contributed by atoms with E-state index in [4.69, 9.17) is 5.11 Å². The van der Waals surface area contributed by atoms with Gasteiger partial charge in [-0.15, -0.1) is 0 Å². The lowest BCUT2D eigenvalue weighted by atomic mass is 10.1. The Morgan fingerprint density at radius 3 is 2.67 bits per heavy atom. The number of benzene rings is 1. The molecule has 1 heterocycles. The minimum Gasteiger partial charge on any atom is -0.478 e. The Balaban J connectivity index is 2.15. The normalized spacial score (nSPS) is 14.7. The first kappa shape index (κ1) is 15.2. The van der Waals surface area contributed by atoms with Crippen LogP contribution in [0.1, 0.15) is 23.2 Å². The summed E-state index contributed by atoms with van der Waals surface area (Å²) in [4.78, 5) is 34.2. The third-order valence-electron chi connectivity index (χ3n) is 2.93. The molecule has 8 heteroatoms. The summed E-state index contributed by atoms with van der Waals surface area (Å²) in [5.41, 5.74) is 0.804. The molecule has 2 N–H and O–H groups in total. The molecular weight excluding hydrogens is 342 g/mol. The molecule has 21 heavy (non-hydrogen) atoms. The van der Waals surface area contributed by atoms with Crippen molar-refractivity contribution < 1.29 is 19.5 Å². The van der Waals surface area contributed by atoms with Crippen molar-refractivity contribution in [2.75, 3.05) is 12.4 Å². The Kier molecular flexibility index (Phi) is 4.37. The summed E-state index contributed by atoms with van der Waals surface area (Å²) in [6, 6.07) is 4.28. The Hall–Kier alpha value is -2.22. The highest BCUT2D eigenvalue weighted by Gasteiger charge is 2.22. The number of carboxylic acids is 1. The molecule has 0 saturated heterocycles. The zero-order valence-electron chi connectivity index (χ0n) is 11.1. The fraction of sp³-hybridized carbons (Fsp3) is 0.231. The van der Waals surface area contributed by atoms with E-state index in [1.807, 2.05) is 0 Å². The van der Waals surface area contributed by atoms with E-state index in [9.17, 15) is 14.4 Å². The van der Waals surface area contributed by atoms with Crippen LogP contribution in [0.5, 0.6) is 0 Å². The Bertz CT molecular complexity index is 657. The number of hydrazone groups is 1. The highest BCUT2D eigenvalue weighted by Crippen LogP contribution is 2.24. The number of anilines is 1. The predicted octanol–water partition coefficient (Wildman–Crippen LogP) is 1.69. The van der Waals surface area contributed by atoms with Gasteiger partial charge in [0.15, 0.2) is 0 Å². The maximum Gasteiger partial charge on any atom is 0.335 e. The molecular formula is C13H12BrN3O4. The van der Waals surface area contributed by atoms with Crippen molar-refractivity contribution in [3.05, 3.63) is 28.2 Å². The fourth-order valence-electron chi connectivity index (χ4n) is 1.78. The lowest BCUT2D eigenvalue weighted by Crippen LogP contribution is -2.34. The number of amides is 2. The molecule has 0 spiro atoms. The van der Waals surface area contributed by atoms with E-state index >= 15 is 0 Å². The van der Waals surface area contributed by atoms with Crippen LogP contribution < -0.4 is 5.32 Å². The molecule has 0 aromatic heterocycles. The van der Waals surface area contributed by atoms with Gasteiger partial charge in [0.05, 0.1) is 11.3 Å². The maximum absolute atomic E-state index is 12.1. The van der Waals surface area contributed by atoms with Crippen molar-refractivity contribution in [3.63, 3.8) is 0 Å². The van der Waals surface area contributed by atoms with E-state index in [1.54, 1.807) is 0 Å². The number of nitrogens with zero attached hydrogens (tertiary/aromatic N) is 2. The van der Waals surface area contributed by atoms with E-state index in [-0.39, 0.29) is 30.0 Å². The second-order valence-electron chi connectivity index (χ2n) is 4.42. The third kappa shape index (κ3) is 3.46. The van der Waals surface area contributed by atoms with Crippen LogP contribution in [0.25, 0.3) is 0 Å². The van der Waals surface area contributed by atoms with Gasteiger partial charge < -0.3 is 10.4 Å². The number of hydrogen-bond acceptors (Lipinski definition) is 4. The molecule has 0 aliphatic carbocycles. The molecule has 0 bridgehead atoms. The molecule has 0 atom stereocenters. The van der Waals surface area contributed by atoms with Crippen molar-refractivity contribution in [3.8, 4) is 0 Å². The molecule has 1 aliphatic rings. The Labute approximate surface area is 128 Å². The first-order valence-electron chi connectivity index (χ1n) is 6.06. The molecule has 0 saturated carbocycles. The van der Waals surface area contributed by atoms with Crippen molar-refractivity contribution in [1.82, 2.24) is 5.01 Å². The number of nitrogens with one attached hydrogen (secondary N) is 1. The van der Waals surface area contributed by atoms with Crippen molar-refractivity contribution in [2.24, 2.45) is 5.10 Å². The van der Waals surface area contributed by atoms with Gasteiger partial charge in [0.25, 0.3) is 5.91 Å². The zero-order chi connectivity index (χ0) is 15.6. The van der Waals surface area contributed by atoms with E-state index in [0.717, 1.165) is 5.01 Å². The van der Waals surface area contributed by atoms with Gasteiger partial charge >= 0.3 is 5.97 Å². The van der Waals surface area contributed by atoms with Crippen molar-refractivity contribution >= 4 is 45.1 Å². The van der Waals surface area contributed by atoms with Crippen LogP contribution in [0, 0.1) is 0 Å². The highest BCUT2D eigenvalue weighted by atomic mass is 79.9. The molecule has 110 valence electrons. The van der Waals surface area contributed by atoms with Gasteiger partial charge in [-0.3, -0.25) is 9.59 Å². The van der Waals surface area contributed by atoms with E-state index in [1.165, 1.54) is 25.2 Å². The Morgan fingerprint density at radius 1 is 1.38 bits per heavy atom. The maximum atomic E-state index is 12.1. The number of halogens is 1. The summed E-state index contributed by atoms with van der Waals surface area (Å²) in [5.74, 6) is -1.61. The number of carbonyl (C=O) groups is 3. The first-order chi connectivity index (χ1) is 9.88. The van der Waals surface area contributed by atoms with E-state index < -0.39 is 11.9 Å². The monoisotopic (exact) mass is 353 g/mol. The van der Waals surface area contributed by atoms with Gasteiger partial charge in [-0.2, -0.15) is 5.10 Å². The van der Waals surface area contributed by atoms with Crippen LogP contribution in [0.4, 0.5) is 5.69 Å². The van der Waals surface area contributed by atoms with Crippen molar-refractivity contribution in [1.29, 1.82) is 0 Å². The SMILES string of the molecule is CN1N=C(C(=O)Nc2ccc(C(=O)O)cc2Br)CCC1=O. The lowest BCUT2D eigenvalue weighted by Gasteiger charge is -2.19. The average molecular weight is 354 g/mol. The van der Waals surface area contributed by atoms with Crippen LogP contribution >= 0.6 is 15.9 Å². The van der Waals surface area contributed by atoms with Crippen LogP contribution in [0.2, 0.25) is 0 Å². The second kappa shape index (κ2) is 6.04. The molecule has 0 radical (unpaired) electrons. The number of aromatic carboxylic acids is 1. The van der Waals surface area contributed by atoms with Gasteiger partial charge in [0, 0.05) is 24.4 Å². The largest absolute Gasteiger partial charge is 0.478 e. The van der Waals surface area contributed by atoms with Crippen LogP contribution in [-0.2, 0) is 9.59 Å². The number of hydrogen-bond donors (Lipinski definition) is 2. The fourth-order valence-corrected chi connectivity index (χ4v) is 2.25. The standard InChI is InChI=1S/C13H12BrN3O4/c1-17-11(18)5-4-10(16-17)12(19)15-9-3-2-7(13(20)21)6-8(9)14/h2-3,6H,4-5H2,1H3,(H,15,19)(H,20,21). The van der Waals surface area contributed by atoms with E-state index in [2.05, 4.69) is 26.3 Å². The predicted molar refractivity (Wildman–Crippen MR) is 79.2 cm³/mol. The molecule has 2 amide bonds. The van der Waals surface area contributed by atoms with Crippen LogP contribution in [0.15, 0.2) is 27.8 Å². The topological polar surface area (TPSA) is 99.1 Å². The third-order valence-corrected chi connectivity index (χ3v) is 3.59. The zero-order valence-corrected chi connectivity index (χ0v) is 12.7. The quantitative estimate of drug-likeness (QED) is 0.863. The van der Waals surface area contributed by atoms with Gasteiger partial charge in [0.1, 0.15) is 5.71 Å². The summed E-state index contributed by atoms with van der Waals surface area (Å²) in [7, 11) is 1.49.